The molecule has 0 saturated carbocycles. The molecule has 0 aliphatic rings. The molecule has 0 aliphatic carbocycles. The molecule has 0 unspecified atom stereocenters. The Morgan fingerprint density at radius 2 is 1.78 bits per heavy atom. The fourth-order valence-electron chi connectivity index (χ4n) is 3.57. The van der Waals surface area contributed by atoms with Crippen molar-refractivity contribution in [3.63, 3.8) is 0 Å². The molecule has 0 atom stereocenters. The first kappa shape index (κ1) is 21.3. The fraction of sp³-hybridized carbons (Fsp3) is 0.250. The maximum Gasteiger partial charge on any atom is 0.255 e. The summed E-state index contributed by atoms with van der Waals surface area (Å²) in [5.74, 6) is 1.67. The lowest BCUT2D eigenvalue weighted by molar-refractivity contribution is -0.115. The Hall–Kier alpha value is -3.94. The van der Waals surface area contributed by atoms with E-state index in [1.165, 1.54) is 0 Å². The average Bonchev–Trinajstić information content (AvgIpc) is 3.34. The molecule has 0 spiro atoms. The number of nitrogens with zero attached hydrogens (tertiary/aromatic N) is 4. The minimum atomic E-state index is -0.218. The van der Waals surface area contributed by atoms with Crippen LogP contribution < -0.4 is 10.6 Å². The molecule has 2 aromatic heterocycles. The number of benzene rings is 2. The van der Waals surface area contributed by atoms with E-state index in [1.54, 1.807) is 37.4 Å². The number of fused-ring (bicyclic) bond motifs is 1. The number of nitrogens with one attached hydrogen (secondary N) is 2. The molecule has 4 rings (SSSR count). The predicted octanol–water partition coefficient (Wildman–Crippen LogP) is 3.92. The SMILES string of the molecule is CCC(=O)Nc1ccc(C(=O)Nc2ccc3c(c2)nc(CCn2ccnc2C)n3C)cc1. The first-order valence-corrected chi connectivity index (χ1v) is 10.6. The van der Waals surface area contributed by atoms with Gasteiger partial charge in [-0.1, -0.05) is 6.92 Å². The van der Waals surface area contributed by atoms with Gasteiger partial charge in [0.05, 0.1) is 11.0 Å². The molecule has 8 heteroatoms. The van der Waals surface area contributed by atoms with Crippen molar-refractivity contribution in [1.29, 1.82) is 0 Å². The number of amides is 2. The molecule has 8 nitrogen and oxygen atoms in total. The third kappa shape index (κ3) is 4.54. The van der Waals surface area contributed by atoms with E-state index in [-0.39, 0.29) is 11.8 Å². The molecule has 0 bridgehead atoms. The van der Waals surface area contributed by atoms with Crippen molar-refractivity contribution in [2.45, 2.75) is 33.2 Å². The molecule has 32 heavy (non-hydrogen) atoms. The Morgan fingerprint density at radius 1 is 1.03 bits per heavy atom. The standard InChI is InChI=1S/C24H26N6O2/c1-4-23(31)26-18-7-5-17(6-8-18)24(32)27-19-9-10-21-20(15-19)28-22(29(21)3)11-13-30-14-12-25-16(30)2/h5-10,12,14-15H,4,11,13H2,1-3H3,(H,26,31)(H,27,32). The van der Waals surface area contributed by atoms with Crippen LogP contribution in [0.2, 0.25) is 0 Å². The number of carbonyl (C=O) groups excluding carboxylic acids is 2. The number of hydrogen-bond donors (Lipinski definition) is 2. The van der Waals surface area contributed by atoms with Gasteiger partial charge < -0.3 is 19.8 Å². The van der Waals surface area contributed by atoms with Crippen LogP contribution in [0.25, 0.3) is 11.0 Å². The summed E-state index contributed by atoms with van der Waals surface area (Å²) in [5, 5.41) is 5.70. The molecule has 0 aliphatic heterocycles. The van der Waals surface area contributed by atoms with Gasteiger partial charge in [-0.3, -0.25) is 9.59 Å². The highest BCUT2D eigenvalue weighted by atomic mass is 16.2. The number of imidazole rings is 2. The van der Waals surface area contributed by atoms with Crippen molar-refractivity contribution in [1.82, 2.24) is 19.1 Å². The minimum absolute atomic E-state index is 0.0644. The summed E-state index contributed by atoms with van der Waals surface area (Å²) >= 11 is 0. The highest BCUT2D eigenvalue weighted by Gasteiger charge is 2.11. The molecular weight excluding hydrogens is 404 g/mol. The van der Waals surface area contributed by atoms with E-state index in [1.807, 2.05) is 38.4 Å². The van der Waals surface area contributed by atoms with Crippen molar-refractivity contribution >= 4 is 34.2 Å². The van der Waals surface area contributed by atoms with Crippen LogP contribution in [0, 0.1) is 6.92 Å². The molecule has 2 N–H and O–H groups in total. The summed E-state index contributed by atoms with van der Waals surface area (Å²) in [7, 11) is 2.00. The number of rotatable bonds is 7. The molecule has 0 saturated heterocycles. The monoisotopic (exact) mass is 430 g/mol. The molecule has 0 fully saturated rings. The van der Waals surface area contributed by atoms with E-state index in [0.717, 1.165) is 35.6 Å². The smallest absolute Gasteiger partial charge is 0.255 e. The van der Waals surface area contributed by atoms with Gasteiger partial charge in [-0.15, -0.1) is 0 Å². The number of hydrogen-bond acceptors (Lipinski definition) is 4. The summed E-state index contributed by atoms with van der Waals surface area (Å²) in [4.78, 5) is 33.2. The third-order valence-corrected chi connectivity index (χ3v) is 5.48. The molecule has 2 aromatic carbocycles. The van der Waals surface area contributed by atoms with E-state index in [9.17, 15) is 9.59 Å². The molecule has 4 aromatic rings. The van der Waals surface area contributed by atoms with Gasteiger partial charge in [0.25, 0.3) is 5.91 Å². The zero-order chi connectivity index (χ0) is 22.7. The topological polar surface area (TPSA) is 93.8 Å². The number of carbonyl (C=O) groups is 2. The van der Waals surface area contributed by atoms with Crippen LogP contribution in [-0.2, 0) is 24.8 Å². The van der Waals surface area contributed by atoms with Crippen molar-refractivity contribution in [3.05, 3.63) is 72.1 Å². The van der Waals surface area contributed by atoms with Gasteiger partial charge >= 0.3 is 0 Å². The number of anilines is 2. The van der Waals surface area contributed by atoms with Gasteiger partial charge in [0.2, 0.25) is 5.91 Å². The second-order valence-electron chi connectivity index (χ2n) is 7.64. The van der Waals surface area contributed by atoms with Crippen molar-refractivity contribution < 1.29 is 9.59 Å². The lowest BCUT2D eigenvalue weighted by Gasteiger charge is -2.07. The second-order valence-corrected chi connectivity index (χ2v) is 7.64. The van der Waals surface area contributed by atoms with Crippen molar-refractivity contribution in [2.75, 3.05) is 10.6 Å². The summed E-state index contributed by atoms with van der Waals surface area (Å²) in [5.41, 5.74) is 3.70. The average molecular weight is 431 g/mol. The zero-order valence-corrected chi connectivity index (χ0v) is 18.4. The van der Waals surface area contributed by atoms with Crippen LogP contribution in [0.4, 0.5) is 11.4 Å². The largest absolute Gasteiger partial charge is 0.335 e. The van der Waals surface area contributed by atoms with Gasteiger partial charge in [0.1, 0.15) is 11.6 Å². The Kier molecular flexibility index (Phi) is 6.02. The van der Waals surface area contributed by atoms with Crippen molar-refractivity contribution in [3.8, 4) is 0 Å². The molecule has 2 heterocycles. The van der Waals surface area contributed by atoms with Crippen LogP contribution in [0.1, 0.15) is 35.4 Å². The lowest BCUT2D eigenvalue weighted by Crippen LogP contribution is -2.13. The van der Waals surface area contributed by atoms with E-state index < -0.39 is 0 Å². The first-order chi connectivity index (χ1) is 15.4. The third-order valence-electron chi connectivity index (χ3n) is 5.48. The number of aromatic nitrogens is 4. The Balaban J connectivity index is 1.46. The van der Waals surface area contributed by atoms with E-state index >= 15 is 0 Å². The molecule has 2 amide bonds. The van der Waals surface area contributed by atoms with Crippen LogP contribution in [-0.4, -0.2) is 30.9 Å². The van der Waals surface area contributed by atoms with Crippen LogP contribution in [0.5, 0.6) is 0 Å². The molecular formula is C24H26N6O2. The quantitative estimate of drug-likeness (QED) is 0.465. The highest BCUT2D eigenvalue weighted by Crippen LogP contribution is 2.21. The van der Waals surface area contributed by atoms with Gasteiger partial charge in [0.15, 0.2) is 0 Å². The Morgan fingerprint density at radius 3 is 2.47 bits per heavy atom. The van der Waals surface area contributed by atoms with Gasteiger partial charge in [-0.2, -0.15) is 0 Å². The minimum Gasteiger partial charge on any atom is -0.335 e. The maximum atomic E-state index is 12.6. The van der Waals surface area contributed by atoms with Gasteiger partial charge in [-0.25, -0.2) is 9.97 Å². The second kappa shape index (κ2) is 9.05. The Labute approximate surface area is 186 Å². The fourth-order valence-corrected chi connectivity index (χ4v) is 3.57. The Bertz CT molecular complexity index is 1270. The van der Waals surface area contributed by atoms with Crippen LogP contribution >= 0.6 is 0 Å². The maximum absolute atomic E-state index is 12.6. The van der Waals surface area contributed by atoms with E-state index in [4.69, 9.17) is 4.98 Å². The summed E-state index contributed by atoms with van der Waals surface area (Å²) in [6.45, 7) is 4.58. The van der Waals surface area contributed by atoms with Crippen LogP contribution in [0.15, 0.2) is 54.9 Å². The molecule has 164 valence electrons. The summed E-state index contributed by atoms with van der Waals surface area (Å²) in [6, 6.07) is 12.5. The normalized spacial score (nSPS) is 11.0. The first-order valence-electron chi connectivity index (χ1n) is 10.6. The number of aryl methyl sites for hydroxylation is 4. The van der Waals surface area contributed by atoms with E-state index in [2.05, 4.69) is 24.8 Å². The highest BCUT2D eigenvalue weighted by molar-refractivity contribution is 6.05. The lowest BCUT2D eigenvalue weighted by atomic mass is 10.2. The summed E-state index contributed by atoms with van der Waals surface area (Å²) in [6.07, 6.45) is 4.96. The van der Waals surface area contributed by atoms with Gasteiger partial charge in [-0.05, 0) is 49.4 Å². The van der Waals surface area contributed by atoms with Crippen LogP contribution in [0.3, 0.4) is 0 Å². The predicted molar refractivity (Wildman–Crippen MR) is 125 cm³/mol. The van der Waals surface area contributed by atoms with Crippen molar-refractivity contribution in [2.24, 2.45) is 7.05 Å². The van der Waals surface area contributed by atoms with E-state index in [0.29, 0.717) is 23.4 Å². The van der Waals surface area contributed by atoms with Gasteiger partial charge in [0, 0.05) is 55.8 Å². The zero-order valence-electron chi connectivity index (χ0n) is 18.4. The summed E-state index contributed by atoms with van der Waals surface area (Å²) < 4.78 is 4.18. The molecule has 0 radical (unpaired) electrons.